The number of benzene rings is 2. The number of anilines is 1. The number of rotatable bonds is 5. The molecule has 2 aliphatic rings. The predicted octanol–water partition coefficient (Wildman–Crippen LogP) is 4.77. The van der Waals surface area contributed by atoms with Crippen LogP contribution in [-0.2, 0) is 14.8 Å². The number of thiophene rings is 1. The molecule has 0 radical (unpaired) electrons. The van der Waals surface area contributed by atoms with Crippen molar-refractivity contribution < 1.29 is 13.2 Å². The number of carbonyl (C=O) groups is 1. The molecule has 0 N–H and O–H groups in total. The third-order valence-corrected chi connectivity index (χ3v) is 10.8. The summed E-state index contributed by atoms with van der Waals surface area (Å²) in [6.07, 6.45) is 0. The Bertz CT molecular complexity index is 1350. The van der Waals surface area contributed by atoms with Crippen LogP contribution in [0.15, 0.2) is 64.9 Å². The highest BCUT2D eigenvalue weighted by Gasteiger charge is 2.45. The molecule has 190 valence electrons. The molecular weight excluding hydrogens is 514 g/mol. The minimum absolute atomic E-state index is 0.0337. The topological polar surface area (TPSA) is 60.9 Å². The van der Waals surface area contributed by atoms with E-state index in [9.17, 15) is 13.2 Å². The highest BCUT2D eigenvalue weighted by atomic mass is 35.5. The van der Waals surface area contributed by atoms with Crippen LogP contribution in [-0.4, -0.2) is 62.8 Å². The van der Waals surface area contributed by atoms with E-state index in [-0.39, 0.29) is 29.1 Å². The third kappa shape index (κ3) is 4.92. The lowest BCUT2D eigenvalue weighted by Gasteiger charge is -2.38. The van der Waals surface area contributed by atoms with Crippen LogP contribution in [0.3, 0.4) is 0 Å². The molecule has 6 nitrogen and oxygen atoms in total. The molecule has 0 bridgehead atoms. The fourth-order valence-corrected chi connectivity index (χ4v) is 8.41. The number of nitrogens with zero attached hydrogens (tertiary/aromatic N) is 3. The summed E-state index contributed by atoms with van der Waals surface area (Å²) in [5, 5.41) is 0. The molecule has 2 unspecified atom stereocenters. The molecule has 2 aliphatic heterocycles. The van der Waals surface area contributed by atoms with Gasteiger partial charge in [0.25, 0.3) is 10.0 Å². The average Bonchev–Trinajstić information content (AvgIpc) is 3.53. The first-order valence-corrected chi connectivity index (χ1v) is 14.8. The zero-order valence-corrected chi connectivity index (χ0v) is 22.8. The quantitative estimate of drug-likeness (QED) is 0.465. The Morgan fingerprint density at radius 3 is 2.33 bits per heavy atom. The monoisotopic (exact) mass is 543 g/mol. The van der Waals surface area contributed by atoms with Crippen molar-refractivity contribution in [2.75, 3.05) is 44.2 Å². The van der Waals surface area contributed by atoms with Gasteiger partial charge in [-0.15, -0.1) is 11.3 Å². The second kappa shape index (κ2) is 10.2. The van der Waals surface area contributed by atoms with Crippen LogP contribution < -0.4 is 4.90 Å². The Labute approximate surface area is 222 Å². The maximum atomic E-state index is 13.8. The van der Waals surface area contributed by atoms with Gasteiger partial charge in [0.1, 0.15) is 4.21 Å². The van der Waals surface area contributed by atoms with Crippen molar-refractivity contribution in [3.05, 3.63) is 81.7 Å². The lowest BCUT2D eigenvalue weighted by atomic mass is 9.88. The summed E-state index contributed by atoms with van der Waals surface area (Å²) >= 11 is 7.07. The molecule has 36 heavy (non-hydrogen) atoms. The van der Waals surface area contributed by atoms with Gasteiger partial charge in [0, 0.05) is 50.9 Å². The molecule has 1 aromatic heterocycles. The van der Waals surface area contributed by atoms with Crippen LogP contribution in [0.2, 0.25) is 4.34 Å². The average molecular weight is 544 g/mol. The highest BCUT2D eigenvalue weighted by Crippen LogP contribution is 2.38. The molecule has 2 fully saturated rings. The van der Waals surface area contributed by atoms with Crippen LogP contribution in [0.5, 0.6) is 0 Å². The van der Waals surface area contributed by atoms with Crippen LogP contribution in [0.25, 0.3) is 0 Å². The fraction of sp³-hybridized carbons (Fsp3) is 0.370. The fourth-order valence-electron chi connectivity index (χ4n) is 5.28. The number of hydrogen-bond acceptors (Lipinski definition) is 5. The second-order valence-corrected chi connectivity index (χ2v) is 13.5. The van der Waals surface area contributed by atoms with Gasteiger partial charge in [0.15, 0.2) is 0 Å². The summed E-state index contributed by atoms with van der Waals surface area (Å²) in [4.78, 5) is 18.1. The number of piperazine rings is 1. The number of aryl methyl sites for hydroxylation is 2. The van der Waals surface area contributed by atoms with E-state index in [1.165, 1.54) is 21.1 Å². The number of hydrogen-bond donors (Lipinski definition) is 0. The Morgan fingerprint density at radius 1 is 0.944 bits per heavy atom. The molecule has 3 heterocycles. The van der Waals surface area contributed by atoms with Gasteiger partial charge < -0.3 is 9.80 Å². The van der Waals surface area contributed by atoms with Gasteiger partial charge in [-0.2, -0.15) is 4.31 Å². The molecule has 2 atom stereocenters. The normalized spacial score (nSPS) is 21.2. The molecule has 5 rings (SSSR count). The predicted molar refractivity (Wildman–Crippen MR) is 145 cm³/mol. The SMILES string of the molecule is Cc1ccc(C)c(N2CCN(C(=O)C3CN(S(=O)(=O)c4ccc(Cl)s4)CC3c3ccccc3)CC2)c1. The van der Waals surface area contributed by atoms with Crippen LogP contribution in [0.4, 0.5) is 5.69 Å². The molecular formula is C27H30ClN3O3S2. The maximum Gasteiger partial charge on any atom is 0.252 e. The lowest BCUT2D eigenvalue weighted by Crippen LogP contribution is -2.51. The maximum absolute atomic E-state index is 13.8. The van der Waals surface area contributed by atoms with E-state index in [0.717, 1.165) is 30.0 Å². The molecule has 3 aromatic rings. The van der Waals surface area contributed by atoms with Gasteiger partial charge in [-0.05, 0) is 48.7 Å². The van der Waals surface area contributed by atoms with Gasteiger partial charge in [-0.25, -0.2) is 8.42 Å². The van der Waals surface area contributed by atoms with Crippen molar-refractivity contribution in [1.29, 1.82) is 0 Å². The molecule has 9 heteroatoms. The molecule has 2 aromatic carbocycles. The largest absolute Gasteiger partial charge is 0.368 e. The summed E-state index contributed by atoms with van der Waals surface area (Å²) in [7, 11) is -3.72. The summed E-state index contributed by atoms with van der Waals surface area (Å²) in [6.45, 7) is 7.42. The smallest absolute Gasteiger partial charge is 0.252 e. The van der Waals surface area contributed by atoms with Gasteiger partial charge in [-0.1, -0.05) is 54.1 Å². The minimum Gasteiger partial charge on any atom is -0.368 e. The summed E-state index contributed by atoms with van der Waals surface area (Å²) in [5.41, 5.74) is 4.66. The van der Waals surface area contributed by atoms with E-state index >= 15 is 0 Å². The van der Waals surface area contributed by atoms with E-state index in [1.807, 2.05) is 35.2 Å². The van der Waals surface area contributed by atoms with E-state index in [0.29, 0.717) is 17.4 Å². The molecule has 1 amide bonds. The number of carbonyl (C=O) groups excluding carboxylic acids is 1. The summed E-state index contributed by atoms with van der Waals surface area (Å²) in [6, 6.07) is 19.4. The van der Waals surface area contributed by atoms with Crippen LogP contribution in [0, 0.1) is 19.8 Å². The molecule has 0 aliphatic carbocycles. The van der Waals surface area contributed by atoms with Gasteiger partial charge in [0.05, 0.1) is 10.3 Å². The lowest BCUT2D eigenvalue weighted by molar-refractivity contribution is -0.135. The first-order chi connectivity index (χ1) is 17.2. The molecule has 0 spiro atoms. The zero-order valence-electron chi connectivity index (χ0n) is 20.4. The van der Waals surface area contributed by atoms with E-state index in [4.69, 9.17) is 11.6 Å². The van der Waals surface area contributed by atoms with Gasteiger partial charge in [-0.3, -0.25) is 4.79 Å². The van der Waals surface area contributed by atoms with Crippen LogP contribution in [0.1, 0.15) is 22.6 Å². The van der Waals surface area contributed by atoms with Crippen molar-refractivity contribution in [2.45, 2.75) is 24.0 Å². The Hall–Kier alpha value is -2.39. The van der Waals surface area contributed by atoms with E-state index < -0.39 is 15.9 Å². The minimum atomic E-state index is -3.72. The Balaban J connectivity index is 1.35. The highest BCUT2D eigenvalue weighted by molar-refractivity contribution is 7.91. The zero-order chi connectivity index (χ0) is 25.4. The van der Waals surface area contributed by atoms with E-state index in [1.54, 1.807) is 12.1 Å². The summed E-state index contributed by atoms with van der Waals surface area (Å²) in [5.74, 6) is -0.586. The van der Waals surface area contributed by atoms with Crippen molar-refractivity contribution in [3.63, 3.8) is 0 Å². The number of amides is 1. The van der Waals surface area contributed by atoms with Crippen molar-refractivity contribution in [3.8, 4) is 0 Å². The number of sulfonamides is 1. The second-order valence-electron chi connectivity index (χ2n) is 9.61. The first kappa shape index (κ1) is 25.3. The van der Waals surface area contributed by atoms with E-state index in [2.05, 4.69) is 36.9 Å². The Kier molecular flexibility index (Phi) is 7.14. The van der Waals surface area contributed by atoms with Crippen LogP contribution >= 0.6 is 22.9 Å². The molecule has 2 saturated heterocycles. The standard InChI is InChI=1S/C27H30ClN3O3S2/c1-19-8-9-20(2)24(16-19)29-12-14-30(15-13-29)27(32)23-18-31(17-22(23)21-6-4-3-5-7-21)36(33,34)26-11-10-25(28)35-26/h3-11,16,22-23H,12-15,17-18H2,1-2H3. The Morgan fingerprint density at radius 2 is 1.67 bits per heavy atom. The molecule has 0 saturated carbocycles. The van der Waals surface area contributed by atoms with Crippen molar-refractivity contribution >= 4 is 44.6 Å². The van der Waals surface area contributed by atoms with Gasteiger partial charge in [0.2, 0.25) is 5.91 Å². The first-order valence-electron chi connectivity index (χ1n) is 12.2. The summed E-state index contributed by atoms with van der Waals surface area (Å²) < 4.78 is 28.9. The van der Waals surface area contributed by atoms with Gasteiger partial charge >= 0.3 is 0 Å². The van der Waals surface area contributed by atoms with Crippen molar-refractivity contribution in [1.82, 2.24) is 9.21 Å². The third-order valence-electron chi connectivity index (χ3n) is 7.27. The number of halogens is 1. The van der Waals surface area contributed by atoms with Crippen molar-refractivity contribution in [2.24, 2.45) is 5.92 Å².